The number of benzene rings is 2. The Morgan fingerprint density at radius 2 is 1.46 bits per heavy atom. The fourth-order valence-corrected chi connectivity index (χ4v) is 2.47. The van der Waals surface area contributed by atoms with Gasteiger partial charge in [0, 0.05) is 28.8 Å². The predicted octanol–water partition coefficient (Wildman–Crippen LogP) is 2.90. The molecule has 0 fully saturated rings. The van der Waals surface area contributed by atoms with E-state index in [1.54, 1.807) is 42.5 Å². The van der Waals surface area contributed by atoms with Gasteiger partial charge in [0.15, 0.2) is 5.78 Å². The van der Waals surface area contributed by atoms with Gasteiger partial charge in [-0.15, -0.1) is 0 Å². The molecule has 0 aliphatic heterocycles. The number of fused-ring (bicyclic) bond motifs is 1. The van der Waals surface area contributed by atoms with Crippen molar-refractivity contribution in [2.75, 3.05) is 0 Å². The number of nitrogens with zero attached hydrogens (tertiary/aromatic N) is 1. The molecular formula is C18H12N2O4. The molecule has 0 saturated heterocycles. The molecular weight excluding hydrogens is 308 g/mol. The zero-order valence-electron chi connectivity index (χ0n) is 12.4. The second kappa shape index (κ2) is 5.92. The van der Waals surface area contributed by atoms with Gasteiger partial charge in [0.2, 0.25) is 5.78 Å². The first-order chi connectivity index (χ1) is 11.5. The highest BCUT2D eigenvalue weighted by atomic mass is 16.6. The highest BCUT2D eigenvalue weighted by molar-refractivity contribution is 6.27. The average Bonchev–Trinajstić information content (AvgIpc) is 2.60. The summed E-state index contributed by atoms with van der Waals surface area (Å²) >= 11 is 0. The molecule has 0 amide bonds. The van der Waals surface area contributed by atoms with Crippen molar-refractivity contribution in [3.05, 3.63) is 92.7 Å². The van der Waals surface area contributed by atoms with Crippen LogP contribution in [0.5, 0.6) is 0 Å². The molecule has 2 aromatic carbocycles. The van der Waals surface area contributed by atoms with Gasteiger partial charge in [0.05, 0.1) is 10.6 Å². The Balaban J connectivity index is 1.94. The quantitative estimate of drug-likeness (QED) is 0.691. The molecule has 0 heterocycles. The number of Topliss-reactive ketones (excluding diaryl/α,β-unsaturated/α-hetero) is 2. The molecule has 24 heavy (non-hydrogen) atoms. The minimum atomic E-state index is -0.492. The second-order valence-electron chi connectivity index (χ2n) is 5.21. The van der Waals surface area contributed by atoms with Gasteiger partial charge in [-0.3, -0.25) is 19.7 Å². The Bertz CT molecular complexity index is 924. The number of nitro groups is 1. The maximum Gasteiger partial charge on any atom is 0.269 e. The molecule has 0 spiro atoms. The average molecular weight is 320 g/mol. The van der Waals surface area contributed by atoms with E-state index in [2.05, 4.69) is 0 Å². The summed E-state index contributed by atoms with van der Waals surface area (Å²) in [5.41, 5.74) is 7.09. The number of non-ortho nitro benzene ring substituents is 1. The lowest BCUT2D eigenvalue weighted by atomic mass is 9.87. The summed E-state index contributed by atoms with van der Waals surface area (Å²) in [6, 6.07) is 12.3. The molecule has 0 atom stereocenters. The number of carbonyl (C=O) groups is 2. The van der Waals surface area contributed by atoms with E-state index in [0.29, 0.717) is 16.7 Å². The molecule has 0 bridgehead atoms. The van der Waals surface area contributed by atoms with Crippen molar-refractivity contribution < 1.29 is 14.5 Å². The van der Waals surface area contributed by atoms with E-state index in [4.69, 9.17) is 5.73 Å². The van der Waals surface area contributed by atoms with Crippen molar-refractivity contribution in [1.82, 2.24) is 0 Å². The van der Waals surface area contributed by atoms with E-state index in [1.807, 2.05) is 0 Å². The maximum absolute atomic E-state index is 12.5. The number of nitrogens with two attached hydrogens (primary N) is 1. The summed E-state index contributed by atoms with van der Waals surface area (Å²) in [7, 11) is 0. The molecule has 6 heteroatoms. The Kier molecular flexibility index (Phi) is 3.79. The van der Waals surface area contributed by atoms with Crippen LogP contribution in [0.4, 0.5) is 5.69 Å². The number of rotatable bonds is 3. The van der Waals surface area contributed by atoms with Crippen molar-refractivity contribution in [2.24, 2.45) is 5.73 Å². The van der Waals surface area contributed by atoms with E-state index in [-0.39, 0.29) is 28.5 Å². The molecule has 0 saturated carbocycles. The molecule has 6 nitrogen and oxygen atoms in total. The fourth-order valence-electron chi connectivity index (χ4n) is 2.47. The van der Waals surface area contributed by atoms with Gasteiger partial charge >= 0.3 is 0 Å². The number of hydrogen-bond acceptors (Lipinski definition) is 5. The number of nitro benzene ring substituents is 1. The first kappa shape index (κ1) is 15.4. The van der Waals surface area contributed by atoms with Crippen LogP contribution < -0.4 is 5.73 Å². The van der Waals surface area contributed by atoms with E-state index in [0.717, 1.165) is 0 Å². The lowest BCUT2D eigenvalue weighted by Gasteiger charge is -2.16. The predicted molar refractivity (Wildman–Crippen MR) is 88.4 cm³/mol. The van der Waals surface area contributed by atoms with Crippen LogP contribution in [0.2, 0.25) is 0 Å². The van der Waals surface area contributed by atoms with Gasteiger partial charge in [-0.1, -0.05) is 30.3 Å². The fraction of sp³-hybridized carbons (Fsp3) is 0. The number of ketones is 2. The summed E-state index contributed by atoms with van der Waals surface area (Å²) in [4.78, 5) is 34.9. The molecule has 1 aliphatic carbocycles. The molecule has 1 aliphatic rings. The van der Waals surface area contributed by atoms with Crippen molar-refractivity contribution in [1.29, 1.82) is 0 Å². The van der Waals surface area contributed by atoms with Gasteiger partial charge in [-0.05, 0) is 23.8 Å². The summed E-state index contributed by atoms with van der Waals surface area (Å²) < 4.78 is 0. The van der Waals surface area contributed by atoms with Crippen molar-refractivity contribution in [3.63, 3.8) is 0 Å². The minimum absolute atomic E-state index is 0.0243. The third kappa shape index (κ3) is 2.61. The van der Waals surface area contributed by atoms with E-state index in [1.165, 1.54) is 18.2 Å². The Labute approximate surface area is 137 Å². The molecule has 2 N–H and O–H groups in total. The number of allylic oxidation sites excluding steroid dienone is 3. The molecule has 0 radical (unpaired) electrons. The van der Waals surface area contributed by atoms with Crippen LogP contribution in [0, 0.1) is 10.1 Å². The van der Waals surface area contributed by atoms with Crippen molar-refractivity contribution in [3.8, 4) is 0 Å². The van der Waals surface area contributed by atoms with Gasteiger partial charge < -0.3 is 5.73 Å². The van der Waals surface area contributed by atoms with Crippen LogP contribution in [0.1, 0.15) is 26.3 Å². The van der Waals surface area contributed by atoms with Crippen LogP contribution in [-0.2, 0) is 0 Å². The van der Waals surface area contributed by atoms with Crippen LogP contribution in [0.15, 0.2) is 65.9 Å². The van der Waals surface area contributed by atoms with E-state index >= 15 is 0 Å². The van der Waals surface area contributed by atoms with Gasteiger partial charge in [-0.25, -0.2) is 0 Å². The summed E-state index contributed by atoms with van der Waals surface area (Å²) in [6.45, 7) is 0. The number of hydrogen-bond donors (Lipinski definition) is 1. The van der Waals surface area contributed by atoms with Crippen LogP contribution in [0.3, 0.4) is 0 Å². The van der Waals surface area contributed by atoms with Gasteiger partial charge in [-0.2, -0.15) is 0 Å². The minimum Gasteiger partial charge on any atom is -0.395 e. The third-order valence-corrected chi connectivity index (χ3v) is 3.74. The first-order valence-corrected chi connectivity index (χ1v) is 7.10. The largest absolute Gasteiger partial charge is 0.395 e. The molecule has 2 aromatic rings. The number of carbonyl (C=O) groups excluding carboxylic acids is 2. The standard InChI is InChI=1S/C18H12N2O4/c19-16-15(10-7-11-5-8-12(9-6-11)20(23)24)17(21)13-3-1-2-4-14(13)18(16)22/h1-10H,19H2/b10-7+. The van der Waals surface area contributed by atoms with Crippen LogP contribution >= 0.6 is 0 Å². The molecule has 0 aromatic heterocycles. The second-order valence-corrected chi connectivity index (χ2v) is 5.21. The molecule has 3 rings (SSSR count). The zero-order valence-corrected chi connectivity index (χ0v) is 12.4. The topological polar surface area (TPSA) is 103 Å². The first-order valence-electron chi connectivity index (χ1n) is 7.10. The van der Waals surface area contributed by atoms with Gasteiger partial charge in [0.25, 0.3) is 5.69 Å². The summed E-state index contributed by atoms with van der Waals surface area (Å²) in [6.07, 6.45) is 3.05. The zero-order chi connectivity index (χ0) is 17.3. The molecule has 0 unspecified atom stereocenters. The Morgan fingerprint density at radius 3 is 2.04 bits per heavy atom. The van der Waals surface area contributed by atoms with Crippen LogP contribution in [-0.4, -0.2) is 16.5 Å². The third-order valence-electron chi connectivity index (χ3n) is 3.74. The molecule has 118 valence electrons. The van der Waals surface area contributed by atoms with Crippen molar-refractivity contribution in [2.45, 2.75) is 0 Å². The highest BCUT2D eigenvalue weighted by Gasteiger charge is 2.28. The lowest BCUT2D eigenvalue weighted by molar-refractivity contribution is -0.384. The van der Waals surface area contributed by atoms with E-state index in [9.17, 15) is 19.7 Å². The highest BCUT2D eigenvalue weighted by Crippen LogP contribution is 2.25. The summed E-state index contributed by atoms with van der Waals surface area (Å²) in [5.74, 6) is -0.700. The summed E-state index contributed by atoms with van der Waals surface area (Å²) in [5, 5.41) is 10.6. The van der Waals surface area contributed by atoms with E-state index < -0.39 is 4.92 Å². The van der Waals surface area contributed by atoms with Crippen LogP contribution in [0.25, 0.3) is 6.08 Å². The Morgan fingerprint density at radius 1 is 0.875 bits per heavy atom. The maximum atomic E-state index is 12.5. The Hall–Kier alpha value is -3.54. The normalized spacial score (nSPS) is 14.2. The van der Waals surface area contributed by atoms with Gasteiger partial charge in [0.1, 0.15) is 0 Å². The monoisotopic (exact) mass is 320 g/mol. The van der Waals surface area contributed by atoms with Crippen molar-refractivity contribution >= 4 is 23.3 Å². The SMILES string of the molecule is NC1=C(/C=C/c2ccc([N+](=O)[O-])cc2)C(=O)c2ccccc2C1=O. The smallest absolute Gasteiger partial charge is 0.269 e. The lowest BCUT2D eigenvalue weighted by Crippen LogP contribution is -2.25.